The molecule has 1 N–H and O–H groups in total. The molecule has 0 bridgehead atoms. The van der Waals surface area contributed by atoms with E-state index in [1.807, 2.05) is 0 Å². The second-order valence-corrected chi connectivity index (χ2v) is 6.10. The van der Waals surface area contributed by atoms with Crippen LogP contribution in [0.1, 0.15) is 69.8 Å². The SMILES string of the molecule is CCCNC(CCCC1CCCO1)c1cc(C)nn1CC. The molecule has 1 aromatic heterocycles. The van der Waals surface area contributed by atoms with Gasteiger partial charge in [0.05, 0.1) is 17.5 Å². The Kier molecular flexibility index (Phi) is 6.71. The maximum Gasteiger partial charge on any atom is 0.0597 e. The fraction of sp³-hybridized carbons (Fsp3) is 0.824. The summed E-state index contributed by atoms with van der Waals surface area (Å²) in [6, 6.07) is 2.66. The molecule has 0 spiro atoms. The van der Waals surface area contributed by atoms with Gasteiger partial charge in [0, 0.05) is 19.2 Å². The molecule has 2 atom stereocenters. The highest BCUT2D eigenvalue weighted by atomic mass is 16.5. The van der Waals surface area contributed by atoms with Gasteiger partial charge in [-0.15, -0.1) is 0 Å². The molecule has 1 aromatic rings. The zero-order valence-corrected chi connectivity index (χ0v) is 13.9. The van der Waals surface area contributed by atoms with Gasteiger partial charge in [-0.3, -0.25) is 4.68 Å². The summed E-state index contributed by atoms with van der Waals surface area (Å²) >= 11 is 0. The van der Waals surface area contributed by atoms with Crippen LogP contribution in [-0.4, -0.2) is 29.0 Å². The molecular formula is C17H31N3O. The molecule has 21 heavy (non-hydrogen) atoms. The zero-order valence-electron chi connectivity index (χ0n) is 13.9. The summed E-state index contributed by atoms with van der Waals surface area (Å²) in [5, 5.41) is 8.29. The molecule has 2 rings (SSSR count). The van der Waals surface area contributed by atoms with Crippen LogP contribution in [0.25, 0.3) is 0 Å². The Balaban J connectivity index is 1.92. The summed E-state index contributed by atoms with van der Waals surface area (Å²) in [5.41, 5.74) is 2.46. The quantitative estimate of drug-likeness (QED) is 0.756. The van der Waals surface area contributed by atoms with Crippen molar-refractivity contribution in [3.8, 4) is 0 Å². The van der Waals surface area contributed by atoms with Crippen molar-refractivity contribution in [1.29, 1.82) is 0 Å². The van der Waals surface area contributed by atoms with E-state index < -0.39 is 0 Å². The monoisotopic (exact) mass is 293 g/mol. The van der Waals surface area contributed by atoms with E-state index in [9.17, 15) is 0 Å². The van der Waals surface area contributed by atoms with Gasteiger partial charge < -0.3 is 10.1 Å². The van der Waals surface area contributed by atoms with E-state index >= 15 is 0 Å². The molecule has 1 aliphatic rings. The van der Waals surface area contributed by atoms with Crippen molar-refractivity contribution in [1.82, 2.24) is 15.1 Å². The fourth-order valence-electron chi connectivity index (χ4n) is 3.19. The van der Waals surface area contributed by atoms with Crippen molar-refractivity contribution >= 4 is 0 Å². The summed E-state index contributed by atoms with van der Waals surface area (Å²) in [5.74, 6) is 0. The van der Waals surface area contributed by atoms with Crippen LogP contribution >= 0.6 is 0 Å². The number of nitrogens with one attached hydrogen (secondary N) is 1. The molecule has 0 aliphatic carbocycles. The summed E-state index contributed by atoms with van der Waals surface area (Å²) in [7, 11) is 0. The molecule has 1 saturated heterocycles. The van der Waals surface area contributed by atoms with E-state index in [-0.39, 0.29) is 0 Å². The first-order valence-corrected chi connectivity index (χ1v) is 8.64. The van der Waals surface area contributed by atoms with Crippen LogP contribution in [0.15, 0.2) is 6.07 Å². The van der Waals surface area contributed by atoms with Crippen LogP contribution in [0.5, 0.6) is 0 Å². The first kappa shape index (κ1) is 16.5. The van der Waals surface area contributed by atoms with Crippen molar-refractivity contribution in [2.45, 2.75) is 78.0 Å². The van der Waals surface area contributed by atoms with Gasteiger partial charge in [0.15, 0.2) is 0 Å². The number of aryl methyl sites for hydroxylation is 2. The minimum atomic E-state index is 0.424. The van der Waals surface area contributed by atoms with Crippen molar-refractivity contribution in [2.75, 3.05) is 13.2 Å². The van der Waals surface area contributed by atoms with Gasteiger partial charge in [0.1, 0.15) is 0 Å². The second-order valence-electron chi connectivity index (χ2n) is 6.10. The lowest BCUT2D eigenvalue weighted by atomic mass is 10.0. The molecule has 4 nitrogen and oxygen atoms in total. The lowest BCUT2D eigenvalue weighted by molar-refractivity contribution is 0.101. The molecule has 0 aromatic carbocycles. The Labute approximate surface area is 129 Å². The van der Waals surface area contributed by atoms with Gasteiger partial charge in [-0.1, -0.05) is 6.92 Å². The topological polar surface area (TPSA) is 39.1 Å². The summed E-state index contributed by atoms with van der Waals surface area (Å²) in [6.45, 7) is 9.44. The minimum absolute atomic E-state index is 0.424. The van der Waals surface area contributed by atoms with Gasteiger partial charge in [-0.2, -0.15) is 5.10 Å². The number of hydrogen-bond donors (Lipinski definition) is 1. The highest BCUT2D eigenvalue weighted by molar-refractivity contribution is 5.13. The Morgan fingerprint density at radius 3 is 3.00 bits per heavy atom. The number of aromatic nitrogens is 2. The third-order valence-electron chi connectivity index (χ3n) is 4.27. The molecule has 0 amide bonds. The Hall–Kier alpha value is -0.870. The summed E-state index contributed by atoms with van der Waals surface area (Å²) in [6.07, 6.45) is 7.76. The van der Waals surface area contributed by atoms with Gasteiger partial charge in [-0.05, 0) is 65.0 Å². The van der Waals surface area contributed by atoms with E-state index in [0.717, 1.165) is 25.4 Å². The normalized spacial score (nSPS) is 20.0. The van der Waals surface area contributed by atoms with E-state index in [4.69, 9.17) is 4.74 Å². The van der Waals surface area contributed by atoms with E-state index in [2.05, 4.69) is 41.9 Å². The van der Waals surface area contributed by atoms with Gasteiger partial charge in [-0.25, -0.2) is 0 Å². The van der Waals surface area contributed by atoms with Gasteiger partial charge >= 0.3 is 0 Å². The summed E-state index contributed by atoms with van der Waals surface area (Å²) < 4.78 is 7.88. The van der Waals surface area contributed by atoms with Crippen molar-refractivity contribution < 1.29 is 4.74 Å². The average molecular weight is 293 g/mol. The highest BCUT2D eigenvalue weighted by Gasteiger charge is 2.19. The van der Waals surface area contributed by atoms with E-state index in [0.29, 0.717) is 12.1 Å². The van der Waals surface area contributed by atoms with Crippen LogP contribution < -0.4 is 5.32 Å². The molecular weight excluding hydrogens is 262 g/mol. The van der Waals surface area contributed by atoms with E-state index in [1.165, 1.54) is 44.2 Å². The minimum Gasteiger partial charge on any atom is -0.378 e. The third-order valence-corrected chi connectivity index (χ3v) is 4.27. The standard InChI is InChI=1S/C17H31N3O/c1-4-11-18-16(10-6-8-15-9-7-12-21-15)17-13-14(3)19-20(17)5-2/h13,15-16,18H,4-12H2,1-3H3. The first-order valence-electron chi connectivity index (χ1n) is 8.64. The molecule has 0 saturated carbocycles. The Morgan fingerprint density at radius 2 is 2.33 bits per heavy atom. The fourth-order valence-corrected chi connectivity index (χ4v) is 3.19. The molecule has 1 fully saturated rings. The number of ether oxygens (including phenoxy) is 1. The van der Waals surface area contributed by atoms with Crippen LogP contribution in [0.3, 0.4) is 0 Å². The van der Waals surface area contributed by atoms with Crippen molar-refractivity contribution in [3.63, 3.8) is 0 Å². The van der Waals surface area contributed by atoms with Crippen LogP contribution in [0, 0.1) is 6.92 Å². The predicted octanol–water partition coefficient (Wildman–Crippen LogP) is 3.60. The molecule has 0 radical (unpaired) electrons. The molecule has 2 heterocycles. The highest BCUT2D eigenvalue weighted by Crippen LogP contribution is 2.24. The van der Waals surface area contributed by atoms with Crippen LogP contribution in [-0.2, 0) is 11.3 Å². The molecule has 1 aliphatic heterocycles. The predicted molar refractivity (Wildman–Crippen MR) is 86.5 cm³/mol. The molecule has 120 valence electrons. The van der Waals surface area contributed by atoms with Crippen molar-refractivity contribution in [2.24, 2.45) is 0 Å². The zero-order chi connectivity index (χ0) is 15.1. The Morgan fingerprint density at radius 1 is 1.48 bits per heavy atom. The number of hydrogen-bond acceptors (Lipinski definition) is 3. The number of nitrogens with zero attached hydrogens (tertiary/aromatic N) is 2. The van der Waals surface area contributed by atoms with E-state index in [1.54, 1.807) is 0 Å². The molecule has 2 unspecified atom stereocenters. The first-order chi connectivity index (χ1) is 10.2. The maximum atomic E-state index is 5.73. The van der Waals surface area contributed by atoms with Gasteiger partial charge in [0.25, 0.3) is 0 Å². The molecule has 4 heteroatoms. The average Bonchev–Trinajstić information content (AvgIpc) is 3.11. The third kappa shape index (κ3) is 4.82. The van der Waals surface area contributed by atoms with Gasteiger partial charge in [0.2, 0.25) is 0 Å². The van der Waals surface area contributed by atoms with Crippen LogP contribution in [0.4, 0.5) is 0 Å². The maximum absolute atomic E-state index is 5.73. The largest absolute Gasteiger partial charge is 0.378 e. The van der Waals surface area contributed by atoms with Crippen molar-refractivity contribution in [3.05, 3.63) is 17.5 Å². The second kappa shape index (κ2) is 8.54. The lowest BCUT2D eigenvalue weighted by Crippen LogP contribution is -2.25. The lowest BCUT2D eigenvalue weighted by Gasteiger charge is -2.20. The number of rotatable bonds is 9. The van der Waals surface area contributed by atoms with Crippen LogP contribution in [0.2, 0.25) is 0 Å². The summed E-state index contributed by atoms with van der Waals surface area (Å²) in [4.78, 5) is 0. The smallest absolute Gasteiger partial charge is 0.0597 e. The Bertz CT molecular complexity index is 410.